The van der Waals surface area contributed by atoms with Crippen molar-refractivity contribution in [3.05, 3.63) is 70.8 Å². The van der Waals surface area contributed by atoms with Gasteiger partial charge in [0, 0.05) is 24.1 Å². The van der Waals surface area contributed by atoms with Crippen molar-refractivity contribution in [3.8, 4) is 0 Å². The molecule has 2 atom stereocenters. The normalized spacial score (nSPS) is 19.8. The third kappa shape index (κ3) is 4.55. The van der Waals surface area contributed by atoms with E-state index in [-0.39, 0.29) is 30.3 Å². The van der Waals surface area contributed by atoms with Crippen LogP contribution in [0, 0.1) is 18.6 Å². The third-order valence-electron chi connectivity index (χ3n) is 4.45. The van der Waals surface area contributed by atoms with Gasteiger partial charge in [0.1, 0.15) is 0 Å². The molecule has 0 bridgehead atoms. The Morgan fingerprint density at radius 1 is 1.16 bits per heavy atom. The molecule has 1 fully saturated rings. The maximum atomic E-state index is 13.6. The SMILES string of the molecule is Cc1cccc(C(=O)NC2CNCCC2c2ccc(F)c(F)c2)c1.Cl. The fourth-order valence-corrected chi connectivity index (χ4v) is 3.19. The molecule has 6 heteroatoms. The minimum absolute atomic E-state index is 0. The van der Waals surface area contributed by atoms with Crippen LogP contribution in [0.3, 0.4) is 0 Å². The maximum Gasteiger partial charge on any atom is 0.251 e. The molecule has 1 aliphatic rings. The highest BCUT2D eigenvalue weighted by molar-refractivity contribution is 5.94. The molecule has 134 valence electrons. The summed E-state index contributed by atoms with van der Waals surface area (Å²) in [4.78, 5) is 12.5. The summed E-state index contributed by atoms with van der Waals surface area (Å²) < 4.78 is 26.7. The van der Waals surface area contributed by atoms with Crippen LogP contribution in [-0.2, 0) is 0 Å². The van der Waals surface area contributed by atoms with Crippen LogP contribution in [0.5, 0.6) is 0 Å². The van der Waals surface area contributed by atoms with Crippen molar-refractivity contribution in [1.29, 1.82) is 0 Å². The maximum absolute atomic E-state index is 13.6. The molecule has 2 aromatic rings. The van der Waals surface area contributed by atoms with Crippen molar-refractivity contribution >= 4 is 18.3 Å². The van der Waals surface area contributed by atoms with Gasteiger partial charge >= 0.3 is 0 Å². The van der Waals surface area contributed by atoms with Gasteiger partial charge in [0.15, 0.2) is 11.6 Å². The average molecular weight is 367 g/mol. The smallest absolute Gasteiger partial charge is 0.251 e. The number of carbonyl (C=O) groups is 1. The lowest BCUT2D eigenvalue weighted by molar-refractivity contribution is 0.0924. The van der Waals surface area contributed by atoms with Crippen LogP contribution in [0.15, 0.2) is 42.5 Å². The molecule has 1 heterocycles. The van der Waals surface area contributed by atoms with E-state index in [9.17, 15) is 13.6 Å². The first-order chi connectivity index (χ1) is 11.5. The van der Waals surface area contributed by atoms with Crippen molar-refractivity contribution in [3.63, 3.8) is 0 Å². The average Bonchev–Trinajstić information content (AvgIpc) is 2.58. The Bertz CT molecular complexity index is 754. The molecular weight excluding hydrogens is 346 g/mol. The van der Waals surface area contributed by atoms with Crippen molar-refractivity contribution in [2.75, 3.05) is 13.1 Å². The van der Waals surface area contributed by atoms with Crippen LogP contribution in [0.1, 0.15) is 33.8 Å². The molecule has 3 nitrogen and oxygen atoms in total. The third-order valence-corrected chi connectivity index (χ3v) is 4.45. The highest BCUT2D eigenvalue weighted by Crippen LogP contribution is 2.27. The number of hydrogen-bond donors (Lipinski definition) is 2. The summed E-state index contributed by atoms with van der Waals surface area (Å²) in [5.41, 5.74) is 2.33. The standard InChI is InChI=1S/C19H20F2N2O.ClH/c1-12-3-2-4-14(9-12)19(24)23-18-11-22-8-7-15(18)13-5-6-16(20)17(21)10-13;/h2-6,9-10,15,18,22H,7-8,11H2,1H3,(H,23,24);1H. The highest BCUT2D eigenvalue weighted by Gasteiger charge is 2.28. The molecule has 0 aromatic heterocycles. The van der Waals surface area contributed by atoms with E-state index in [2.05, 4.69) is 10.6 Å². The van der Waals surface area contributed by atoms with Gasteiger partial charge in [0.2, 0.25) is 0 Å². The van der Waals surface area contributed by atoms with Gasteiger partial charge in [0.05, 0.1) is 0 Å². The summed E-state index contributed by atoms with van der Waals surface area (Å²) in [5.74, 6) is -1.90. The Labute approximate surface area is 152 Å². The molecule has 2 N–H and O–H groups in total. The van der Waals surface area contributed by atoms with Gasteiger partial charge in [-0.05, 0) is 49.7 Å². The largest absolute Gasteiger partial charge is 0.347 e. The van der Waals surface area contributed by atoms with E-state index in [0.29, 0.717) is 17.7 Å². The lowest BCUT2D eigenvalue weighted by Crippen LogP contribution is -2.50. The summed E-state index contributed by atoms with van der Waals surface area (Å²) >= 11 is 0. The Morgan fingerprint density at radius 2 is 1.96 bits per heavy atom. The number of halogens is 3. The van der Waals surface area contributed by atoms with Crippen LogP contribution in [-0.4, -0.2) is 25.0 Å². The summed E-state index contributed by atoms with van der Waals surface area (Å²) in [7, 11) is 0. The van der Waals surface area contributed by atoms with E-state index in [0.717, 1.165) is 24.6 Å². The second kappa shape index (κ2) is 8.41. The molecule has 2 aromatic carbocycles. The van der Waals surface area contributed by atoms with Crippen LogP contribution in [0.25, 0.3) is 0 Å². The predicted octanol–water partition coefficient (Wildman–Crippen LogP) is 3.57. The lowest BCUT2D eigenvalue weighted by Gasteiger charge is -2.33. The Hall–Kier alpha value is -1.98. The molecule has 0 spiro atoms. The van der Waals surface area contributed by atoms with Crippen molar-refractivity contribution in [2.45, 2.75) is 25.3 Å². The predicted molar refractivity (Wildman–Crippen MR) is 96.3 cm³/mol. The zero-order valence-electron chi connectivity index (χ0n) is 13.9. The van der Waals surface area contributed by atoms with E-state index < -0.39 is 11.6 Å². The highest BCUT2D eigenvalue weighted by atomic mass is 35.5. The van der Waals surface area contributed by atoms with Crippen LogP contribution >= 0.6 is 12.4 Å². The number of piperidine rings is 1. The van der Waals surface area contributed by atoms with E-state index >= 15 is 0 Å². The zero-order valence-corrected chi connectivity index (χ0v) is 14.7. The van der Waals surface area contributed by atoms with Crippen molar-refractivity contribution in [2.24, 2.45) is 0 Å². The van der Waals surface area contributed by atoms with Crippen LogP contribution < -0.4 is 10.6 Å². The minimum atomic E-state index is -0.854. The van der Waals surface area contributed by atoms with Gasteiger partial charge < -0.3 is 10.6 Å². The van der Waals surface area contributed by atoms with E-state index in [4.69, 9.17) is 0 Å². The monoisotopic (exact) mass is 366 g/mol. The number of nitrogens with one attached hydrogen (secondary N) is 2. The second-order valence-corrected chi connectivity index (χ2v) is 6.22. The lowest BCUT2D eigenvalue weighted by atomic mass is 9.85. The van der Waals surface area contributed by atoms with E-state index in [1.54, 1.807) is 12.1 Å². The fraction of sp³-hybridized carbons (Fsp3) is 0.316. The molecule has 1 aliphatic heterocycles. The Kier molecular flexibility index (Phi) is 6.51. The summed E-state index contributed by atoms with van der Waals surface area (Å²) in [6.45, 7) is 3.31. The number of amides is 1. The molecule has 1 amide bonds. The van der Waals surface area contributed by atoms with Gasteiger partial charge in [-0.3, -0.25) is 4.79 Å². The first-order valence-corrected chi connectivity index (χ1v) is 8.08. The van der Waals surface area contributed by atoms with Crippen molar-refractivity contribution in [1.82, 2.24) is 10.6 Å². The number of rotatable bonds is 3. The molecule has 1 saturated heterocycles. The topological polar surface area (TPSA) is 41.1 Å². The van der Waals surface area contributed by atoms with Gasteiger partial charge in [-0.15, -0.1) is 12.4 Å². The Balaban J connectivity index is 0.00000225. The number of aryl methyl sites for hydroxylation is 1. The first-order valence-electron chi connectivity index (χ1n) is 8.08. The molecule has 0 radical (unpaired) electrons. The quantitative estimate of drug-likeness (QED) is 0.872. The fourth-order valence-electron chi connectivity index (χ4n) is 3.19. The van der Waals surface area contributed by atoms with E-state index in [1.165, 1.54) is 6.07 Å². The molecular formula is C19H21ClF2N2O. The minimum Gasteiger partial charge on any atom is -0.347 e. The number of benzene rings is 2. The molecule has 0 aliphatic carbocycles. The number of carbonyl (C=O) groups excluding carboxylic acids is 1. The first kappa shape index (κ1) is 19.3. The summed E-state index contributed by atoms with van der Waals surface area (Å²) in [6.07, 6.45) is 0.754. The van der Waals surface area contributed by atoms with Gasteiger partial charge in [0.25, 0.3) is 5.91 Å². The summed E-state index contributed by atoms with van der Waals surface area (Å²) in [5, 5.41) is 6.27. The van der Waals surface area contributed by atoms with Crippen molar-refractivity contribution < 1.29 is 13.6 Å². The van der Waals surface area contributed by atoms with Gasteiger partial charge in [-0.1, -0.05) is 23.8 Å². The zero-order chi connectivity index (χ0) is 17.1. The summed E-state index contributed by atoms with van der Waals surface area (Å²) in [6, 6.07) is 11.2. The second-order valence-electron chi connectivity index (χ2n) is 6.22. The van der Waals surface area contributed by atoms with Gasteiger partial charge in [-0.25, -0.2) is 8.78 Å². The molecule has 2 unspecified atom stereocenters. The van der Waals surface area contributed by atoms with Crippen LogP contribution in [0.4, 0.5) is 8.78 Å². The number of hydrogen-bond acceptors (Lipinski definition) is 2. The van der Waals surface area contributed by atoms with Gasteiger partial charge in [-0.2, -0.15) is 0 Å². The van der Waals surface area contributed by atoms with E-state index in [1.807, 2.05) is 25.1 Å². The molecule has 0 saturated carbocycles. The molecule has 25 heavy (non-hydrogen) atoms. The van der Waals surface area contributed by atoms with Crippen LogP contribution in [0.2, 0.25) is 0 Å². The Morgan fingerprint density at radius 3 is 2.68 bits per heavy atom. The molecule has 3 rings (SSSR count).